The standard InChI is InChI=1S/C22H31NO3/c1-3-5-6-7-8-9-10-14-17-20(26-21(24)4-2)22(25)23-18-19-15-12-11-13-16-19/h3-4,11-13,15-16,20H,1-2,5-10,14,17-18H2,(H,23,25). The van der Waals surface area contributed by atoms with Gasteiger partial charge in [-0.2, -0.15) is 0 Å². The van der Waals surface area contributed by atoms with Gasteiger partial charge >= 0.3 is 5.97 Å². The molecule has 1 aromatic rings. The minimum Gasteiger partial charge on any atom is -0.449 e. The highest BCUT2D eigenvalue weighted by Gasteiger charge is 2.21. The minimum atomic E-state index is -0.759. The van der Waals surface area contributed by atoms with E-state index in [1.54, 1.807) is 0 Å². The van der Waals surface area contributed by atoms with E-state index in [0.717, 1.165) is 37.3 Å². The van der Waals surface area contributed by atoms with Crippen molar-refractivity contribution < 1.29 is 14.3 Å². The Hall–Kier alpha value is -2.36. The molecule has 4 heteroatoms. The van der Waals surface area contributed by atoms with Crippen molar-refractivity contribution in [2.24, 2.45) is 0 Å². The molecule has 1 rings (SSSR count). The normalized spacial score (nSPS) is 11.4. The largest absolute Gasteiger partial charge is 0.449 e. The number of benzene rings is 1. The SMILES string of the molecule is C=CCCCCCCCCC(OC(=O)C=C)C(=O)NCc1ccccc1. The van der Waals surface area contributed by atoms with Crippen LogP contribution in [0.3, 0.4) is 0 Å². The Balaban J connectivity index is 2.35. The Labute approximate surface area is 157 Å². The maximum atomic E-state index is 12.4. The number of rotatable bonds is 14. The summed E-state index contributed by atoms with van der Waals surface area (Å²) < 4.78 is 5.23. The average Bonchev–Trinajstić information content (AvgIpc) is 2.67. The van der Waals surface area contributed by atoms with Gasteiger partial charge < -0.3 is 10.1 Å². The molecule has 0 radical (unpaired) electrons. The second kappa shape index (κ2) is 13.9. The van der Waals surface area contributed by atoms with E-state index < -0.39 is 12.1 Å². The molecule has 0 aliphatic heterocycles. The van der Waals surface area contributed by atoms with Gasteiger partial charge in [-0.05, 0) is 31.2 Å². The van der Waals surface area contributed by atoms with Gasteiger partial charge in [0, 0.05) is 12.6 Å². The zero-order valence-electron chi connectivity index (χ0n) is 15.6. The topological polar surface area (TPSA) is 55.4 Å². The lowest BCUT2D eigenvalue weighted by molar-refractivity contribution is -0.151. The van der Waals surface area contributed by atoms with Crippen LogP contribution in [0.2, 0.25) is 0 Å². The Morgan fingerprint density at radius 3 is 2.31 bits per heavy atom. The van der Waals surface area contributed by atoms with E-state index in [-0.39, 0.29) is 5.91 Å². The van der Waals surface area contributed by atoms with E-state index >= 15 is 0 Å². The Bertz CT molecular complexity index is 554. The monoisotopic (exact) mass is 357 g/mol. The second-order valence-electron chi connectivity index (χ2n) is 6.32. The zero-order valence-corrected chi connectivity index (χ0v) is 15.6. The van der Waals surface area contributed by atoms with E-state index in [1.807, 2.05) is 36.4 Å². The molecule has 0 aliphatic rings. The molecule has 26 heavy (non-hydrogen) atoms. The first-order chi connectivity index (χ1) is 12.7. The number of esters is 1. The van der Waals surface area contributed by atoms with Gasteiger partial charge in [0.1, 0.15) is 0 Å². The van der Waals surface area contributed by atoms with Crippen LogP contribution in [0.1, 0.15) is 56.9 Å². The van der Waals surface area contributed by atoms with E-state index in [0.29, 0.717) is 13.0 Å². The summed E-state index contributed by atoms with van der Waals surface area (Å²) in [6.45, 7) is 7.54. The molecule has 1 N–H and O–H groups in total. The smallest absolute Gasteiger partial charge is 0.330 e. The van der Waals surface area contributed by atoms with Crippen LogP contribution in [-0.4, -0.2) is 18.0 Å². The highest BCUT2D eigenvalue weighted by atomic mass is 16.5. The summed E-state index contributed by atoms with van der Waals surface area (Å²) in [6.07, 6.45) is 10.5. The third-order valence-corrected chi connectivity index (χ3v) is 4.15. The van der Waals surface area contributed by atoms with Crippen molar-refractivity contribution in [3.05, 3.63) is 61.2 Å². The number of carbonyl (C=O) groups is 2. The Kier molecular flexibility index (Phi) is 11.6. The molecule has 0 bridgehead atoms. The molecule has 0 saturated carbocycles. The molecule has 1 atom stereocenters. The van der Waals surface area contributed by atoms with E-state index in [9.17, 15) is 9.59 Å². The highest BCUT2D eigenvalue weighted by molar-refractivity contribution is 5.87. The van der Waals surface area contributed by atoms with Crippen molar-refractivity contribution in [3.63, 3.8) is 0 Å². The first-order valence-electron chi connectivity index (χ1n) is 9.43. The maximum Gasteiger partial charge on any atom is 0.330 e. The molecule has 142 valence electrons. The van der Waals surface area contributed by atoms with Crippen LogP contribution in [0.4, 0.5) is 0 Å². The van der Waals surface area contributed by atoms with E-state index in [4.69, 9.17) is 4.74 Å². The van der Waals surface area contributed by atoms with Crippen molar-refractivity contribution >= 4 is 11.9 Å². The Morgan fingerprint density at radius 2 is 1.65 bits per heavy atom. The lowest BCUT2D eigenvalue weighted by Crippen LogP contribution is -2.37. The van der Waals surface area contributed by atoms with Crippen LogP contribution < -0.4 is 5.32 Å². The number of carbonyl (C=O) groups excluding carboxylic acids is 2. The molecule has 1 unspecified atom stereocenters. The number of ether oxygens (including phenoxy) is 1. The lowest BCUT2D eigenvalue weighted by Gasteiger charge is -2.17. The van der Waals surface area contributed by atoms with Gasteiger partial charge in [-0.15, -0.1) is 6.58 Å². The average molecular weight is 357 g/mol. The zero-order chi connectivity index (χ0) is 19.0. The predicted molar refractivity (Wildman–Crippen MR) is 105 cm³/mol. The molecule has 0 saturated heterocycles. The molecular weight excluding hydrogens is 326 g/mol. The third kappa shape index (κ3) is 9.82. The van der Waals surface area contributed by atoms with Crippen molar-refractivity contribution in [3.8, 4) is 0 Å². The van der Waals surface area contributed by atoms with Crippen LogP contribution >= 0.6 is 0 Å². The quantitative estimate of drug-likeness (QED) is 0.227. The fourth-order valence-corrected chi connectivity index (χ4v) is 2.66. The fraction of sp³-hybridized carbons (Fsp3) is 0.455. The van der Waals surface area contributed by atoms with Crippen LogP contribution in [0.5, 0.6) is 0 Å². The van der Waals surface area contributed by atoms with Crippen molar-refractivity contribution in [1.29, 1.82) is 0 Å². The fourth-order valence-electron chi connectivity index (χ4n) is 2.66. The number of nitrogens with one attached hydrogen (secondary N) is 1. The molecule has 0 fully saturated rings. The lowest BCUT2D eigenvalue weighted by atomic mass is 10.1. The third-order valence-electron chi connectivity index (χ3n) is 4.15. The van der Waals surface area contributed by atoms with Gasteiger partial charge in [0.25, 0.3) is 5.91 Å². The summed E-state index contributed by atoms with van der Waals surface area (Å²) in [5.74, 6) is -0.815. The van der Waals surface area contributed by atoms with E-state index in [2.05, 4.69) is 18.5 Å². The Morgan fingerprint density at radius 1 is 1.00 bits per heavy atom. The molecular formula is C22H31NO3. The molecule has 4 nitrogen and oxygen atoms in total. The van der Waals surface area contributed by atoms with Crippen molar-refractivity contribution in [1.82, 2.24) is 5.32 Å². The summed E-state index contributed by atoms with van der Waals surface area (Å²) in [6, 6.07) is 9.66. The van der Waals surface area contributed by atoms with E-state index in [1.165, 1.54) is 19.3 Å². The van der Waals surface area contributed by atoms with Gasteiger partial charge in [0.15, 0.2) is 6.10 Å². The van der Waals surface area contributed by atoms with Crippen LogP contribution in [0, 0.1) is 0 Å². The molecule has 1 amide bonds. The van der Waals surface area contributed by atoms with Gasteiger partial charge in [-0.3, -0.25) is 4.79 Å². The summed E-state index contributed by atoms with van der Waals surface area (Å²) in [7, 11) is 0. The number of hydrogen-bond donors (Lipinski definition) is 1. The maximum absolute atomic E-state index is 12.4. The second-order valence-corrected chi connectivity index (χ2v) is 6.32. The molecule has 0 heterocycles. The van der Waals surface area contributed by atoms with Crippen molar-refractivity contribution in [2.45, 2.75) is 64.0 Å². The first-order valence-corrected chi connectivity index (χ1v) is 9.43. The first kappa shape index (κ1) is 21.7. The molecule has 1 aromatic carbocycles. The summed E-state index contributed by atoms with van der Waals surface area (Å²) in [5.41, 5.74) is 1.01. The number of allylic oxidation sites excluding steroid dienone is 1. The molecule has 0 aliphatic carbocycles. The summed E-state index contributed by atoms with van der Waals surface area (Å²) in [4.78, 5) is 23.9. The van der Waals surface area contributed by atoms with Crippen LogP contribution in [0.25, 0.3) is 0 Å². The predicted octanol–water partition coefficient (Wildman–Crippen LogP) is 4.71. The number of hydrogen-bond acceptors (Lipinski definition) is 3. The summed E-state index contributed by atoms with van der Waals surface area (Å²) in [5, 5.41) is 2.84. The number of unbranched alkanes of at least 4 members (excludes halogenated alkanes) is 6. The van der Waals surface area contributed by atoms with Crippen LogP contribution in [-0.2, 0) is 20.9 Å². The highest BCUT2D eigenvalue weighted by Crippen LogP contribution is 2.12. The molecule has 0 aromatic heterocycles. The van der Waals surface area contributed by atoms with Crippen LogP contribution in [0.15, 0.2) is 55.6 Å². The molecule has 0 spiro atoms. The van der Waals surface area contributed by atoms with Gasteiger partial charge in [0.05, 0.1) is 0 Å². The van der Waals surface area contributed by atoms with Gasteiger partial charge in [-0.1, -0.05) is 68.7 Å². The summed E-state index contributed by atoms with van der Waals surface area (Å²) >= 11 is 0. The number of amides is 1. The van der Waals surface area contributed by atoms with Crippen molar-refractivity contribution in [2.75, 3.05) is 0 Å². The van der Waals surface area contributed by atoms with Gasteiger partial charge in [0.2, 0.25) is 0 Å². The minimum absolute atomic E-state index is 0.255. The van der Waals surface area contributed by atoms with Gasteiger partial charge in [-0.25, -0.2) is 4.79 Å².